The Hall–Kier alpha value is -1.07. The highest BCUT2D eigenvalue weighted by molar-refractivity contribution is 7.86. The highest BCUT2D eigenvalue weighted by Crippen LogP contribution is 2.27. The van der Waals surface area contributed by atoms with Crippen molar-refractivity contribution in [3.63, 3.8) is 0 Å². The Kier molecular flexibility index (Phi) is 5.65. The molecular formula is C15H21ClN2O2S. The monoisotopic (exact) mass is 328 g/mol. The number of hydrogen-bond donors (Lipinski definition) is 2. The van der Waals surface area contributed by atoms with Gasteiger partial charge < -0.3 is 11.1 Å². The maximum absolute atomic E-state index is 12.3. The van der Waals surface area contributed by atoms with Gasteiger partial charge in [-0.25, -0.2) is 0 Å². The minimum Gasteiger partial charge on any atom is -0.397 e. The van der Waals surface area contributed by atoms with E-state index in [2.05, 4.69) is 5.32 Å². The molecule has 0 spiro atoms. The average Bonchev–Trinajstić information content (AvgIpc) is 2.94. The molecule has 2 unspecified atom stereocenters. The Labute approximate surface area is 132 Å². The molecule has 0 aliphatic heterocycles. The number of nitrogens with one attached hydrogen (secondary N) is 1. The van der Waals surface area contributed by atoms with Crippen LogP contribution in [0.3, 0.4) is 0 Å². The zero-order valence-corrected chi connectivity index (χ0v) is 13.7. The molecule has 0 bridgehead atoms. The van der Waals surface area contributed by atoms with Gasteiger partial charge in [0.25, 0.3) is 0 Å². The van der Waals surface area contributed by atoms with E-state index in [-0.39, 0.29) is 5.91 Å². The van der Waals surface area contributed by atoms with Crippen molar-refractivity contribution >= 4 is 39.7 Å². The van der Waals surface area contributed by atoms with E-state index >= 15 is 0 Å². The summed E-state index contributed by atoms with van der Waals surface area (Å²) in [5, 5.41) is 2.66. The highest BCUT2D eigenvalue weighted by atomic mass is 35.5. The Morgan fingerprint density at radius 1 is 1.48 bits per heavy atom. The fourth-order valence-electron chi connectivity index (χ4n) is 2.54. The van der Waals surface area contributed by atoms with E-state index in [4.69, 9.17) is 17.3 Å². The first-order valence-corrected chi connectivity index (χ1v) is 8.96. The fraction of sp³-hybridized carbons (Fsp3) is 0.533. The van der Waals surface area contributed by atoms with Crippen LogP contribution in [-0.2, 0) is 15.6 Å². The van der Waals surface area contributed by atoms with Crippen LogP contribution in [0.5, 0.6) is 0 Å². The number of carbonyl (C=O) groups is 1. The van der Waals surface area contributed by atoms with E-state index in [1.165, 1.54) is 12.8 Å². The number of anilines is 2. The molecule has 1 aromatic rings. The Morgan fingerprint density at radius 3 is 2.81 bits per heavy atom. The molecule has 6 heteroatoms. The molecule has 1 aliphatic rings. The van der Waals surface area contributed by atoms with Crippen molar-refractivity contribution in [2.45, 2.75) is 37.9 Å². The maximum atomic E-state index is 12.3. The number of hydrogen-bond acceptors (Lipinski definition) is 3. The Morgan fingerprint density at radius 2 is 2.14 bits per heavy atom. The van der Waals surface area contributed by atoms with Crippen LogP contribution in [0, 0.1) is 5.92 Å². The molecule has 0 heterocycles. The van der Waals surface area contributed by atoms with Gasteiger partial charge in [0.05, 0.1) is 11.4 Å². The zero-order valence-electron chi connectivity index (χ0n) is 12.1. The summed E-state index contributed by atoms with van der Waals surface area (Å²) in [4.78, 5) is 12.2. The molecule has 0 saturated heterocycles. The molecule has 21 heavy (non-hydrogen) atoms. The van der Waals surface area contributed by atoms with Gasteiger partial charge in [0.1, 0.15) is 5.25 Å². The second-order valence-electron chi connectivity index (χ2n) is 5.56. The lowest BCUT2D eigenvalue weighted by Gasteiger charge is -2.15. The summed E-state index contributed by atoms with van der Waals surface area (Å²) in [6.45, 7) is 1.70. The zero-order chi connectivity index (χ0) is 15.4. The number of halogens is 1. The first-order chi connectivity index (χ1) is 9.97. The van der Waals surface area contributed by atoms with Crippen molar-refractivity contribution < 1.29 is 9.00 Å². The van der Waals surface area contributed by atoms with E-state index < -0.39 is 16.0 Å². The van der Waals surface area contributed by atoms with Gasteiger partial charge in [-0.3, -0.25) is 9.00 Å². The van der Waals surface area contributed by atoms with Gasteiger partial charge >= 0.3 is 0 Å². The molecule has 0 radical (unpaired) electrons. The third-order valence-electron chi connectivity index (χ3n) is 3.91. The van der Waals surface area contributed by atoms with Gasteiger partial charge in [-0.15, -0.1) is 0 Å². The largest absolute Gasteiger partial charge is 0.397 e. The van der Waals surface area contributed by atoms with Crippen molar-refractivity contribution in [3.05, 3.63) is 23.2 Å². The minimum atomic E-state index is -1.16. The van der Waals surface area contributed by atoms with Crippen LogP contribution in [-0.4, -0.2) is 21.1 Å². The number of benzene rings is 1. The summed E-state index contributed by atoms with van der Waals surface area (Å²) in [6, 6.07) is 4.90. The SMILES string of the molecule is CC(C(=O)Nc1cc(Cl)ccc1N)S(=O)CC1CCCC1. The Balaban J connectivity index is 1.95. The molecule has 1 amide bonds. The van der Waals surface area contributed by atoms with Crippen LogP contribution >= 0.6 is 11.6 Å². The van der Waals surface area contributed by atoms with Crippen LogP contribution in [0.4, 0.5) is 11.4 Å². The number of amides is 1. The molecule has 4 nitrogen and oxygen atoms in total. The summed E-state index contributed by atoms with van der Waals surface area (Å²) in [7, 11) is -1.16. The second-order valence-corrected chi connectivity index (χ2v) is 7.80. The van der Waals surface area contributed by atoms with Crippen molar-refractivity contribution in [1.82, 2.24) is 0 Å². The molecule has 1 aliphatic carbocycles. The first-order valence-electron chi connectivity index (χ1n) is 7.20. The van der Waals surface area contributed by atoms with Gasteiger partial charge in [0, 0.05) is 21.6 Å². The van der Waals surface area contributed by atoms with Crippen molar-refractivity contribution in [1.29, 1.82) is 0 Å². The molecule has 3 N–H and O–H groups in total. The third-order valence-corrected chi connectivity index (χ3v) is 5.95. The van der Waals surface area contributed by atoms with Gasteiger partial charge in [0.15, 0.2) is 0 Å². The van der Waals surface area contributed by atoms with Gasteiger partial charge in [-0.1, -0.05) is 24.4 Å². The maximum Gasteiger partial charge on any atom is 0.239 e. The van der Waals surface area contributed by atoms with Crippen molar-refractivity contribution in [2.24, 2.45) is 5.92 Å². The van der Waals surface area contributed by atoms with Gasteiger partial charge in [0.2, 0.25) is 5.91 Å². The van der Waals surface area contributed by atoms with Crippen LogP contribution in [0.1, 0.15) is 32.6 Å². The average molecular weight is 329 g/mol. The van der Waals surface area contributed by atoms with Crippen molar-refractivity contribution in [2.75, 3.05) is 16.8 Å². The topological polar surface area (TPSA) is 72.2 Å². The molecule has 1 saturated carbocycles. The summed E-state index contributed by atoms with van der Waals surface area (Å²) in [5.74, 6) is 0.831. The lowest BCUT2D eigenvalue weighted by atomic mass is 10.1. The standard InChI is InChI=1S/C15H21ClN2O2S/c1-10(21(20)9-11-4-2-3-5-11)15(19)18-14-8-12(16)6-7-13(14)17/h6-8,10-11H,2-5,9,17H2,1H3,(H,18,19). The number of nitrogens with two attached hydrogens (primary N) is 1. The lowest BCUT2D eigenvalue weighted by Crippen LogP contribution is -2.31. The highest BCUT2D eigenvalue weighted by Gasteiger charge is 2.25. The molecule has 1 aromatic carbocycles. The van der Waals surface area contributed by atoms with E-state index in [0.717, 1.165) is 12.8 Å². The number of carbonyl (C=O) groups excluding carboxylic acids is 1. The summed E-state index contributed by atoms with van der Waals surface area (Å²) in [5.41, 5.74) is 6.71. The summed E-state index contributed by atoms with van der Waals surface area (Å²) >= 11 is 5.89. The summed E-state index contributed by atoms with van der Waals surface area (Å²) < 4.78 is 12.3. The quantitative estimate of drug-likeness (QED) is 0.815. The van der Waals surface area contributed by atoms with Crippen molar-refractivity contribution in [3.8, 4) is 0 Å². The predicted octanol–water partition coefficient (Wildman–Crippen LogP) is 3.19. The van der Waals surface area contributed by atoms with Crippen LogP contribution in [0.15, 0.2) is 18.2 Å². The molecule has 2 atom stereocenters. The van der Waals surface area contributed by atoms with E-state index in [1.807, 2.05) is 0 Å². The van der Waals surface area contributed by atoms with Gasteiger partial charge in [-0.05, 0) is 43.9 Å². The molecule has 1 fully saturated rings. The second kappa shape index (κ2) is 7.27. The predicted molar refractivity (Wildman–Crippen MR) is 88.9 cm³/mol. The molecular weight excluding hydrogens is 308 g/mol. The van der Waals surface area contributed by atoms with Gasteiger partial charge in [-0.2, -0.15) is 0 Å². The first kappa shape index (κ1) is 16.3. The third kappa shape index (κ3) is 4.45. The molecule has 0 aromatic heterocycles. The summed E-state index contributed by atoms with van der Waals surface area (Å²) in [6.07, 6.45) is 4.67. The Bertz CT molecular complexity index is 544. The normalized spacial score (nSPS) is 18.4. The van der Waals surface area contributed by atoms with E-state index in [0.29, 0.717) is 28.1 Å². The van der Waals surface area contributed by atoms with Crippen LogP contribution in [0.25, 0.3) is 0 Å². The van der Waals surface area contributed by atoms with Crippen LogP contribution in [0.2, 0.25) is 5.02 Å². The lowest BCUT2D eigenvalue weighted by molar-refractivity contribution is -0.115. The molecule has 116 valence electrons. The number of rotatable bonds is 5. The molecule has 2 rings (SSSR count). The number of nitrogen functional groups attached to an aromatic ring is 1. The van der Waals surface area contributed by atoms with E-state index in [9.17, 15) is 9.00 Å². The smallest absolute Gasteiger partial charge is 0.239 e. The van der Waals surface area contributed by atoms with Crippen LogP contribution < -0.4 is 11.1 Å². The van der Waals surface area contributed by atoms with E-state index in [1.54, 1.807) is 25.1 Å². The minimum absolute atomic E-state index is 0.278. The fourth-order valence-corrected chi connectivity index (χ4v) is 4.10.